The molecule has 36 heavy (non-hydrogen) atoms. The molecule has 3 nitrogen and oxygen atoms in total. The van der Waals surface area contributed by atoms with Crippen LogP contribution in [0, 0.1) is 0 Å². The largest absolute Gasteiger partial charge is 0.416 e. The molecule has 0 atom stereocenters. The average molecular weight is 484 g/mol. The summed E-state index contributed by atoms with van der Waals surface area (Å²) in [7, 11) is 0. The molecular formula is C30H24F3N3. The molecule has 0 spiro atoms. The summed E-state index contributed by atoms with van der Waals surface area (Å²) in [5, 5.41) is 4.80. The summed E-state index contributed by atoms with van der Waals surface area (Å²) in [4.78, 5) is 4.59. The molecule has 2 heterocycles. The van der Waals surface area contributed by atoms with Crippen molar-refractivity contribution in [3.05, 3.63) is 126 Å². The number of pyridine rings is 1. The van der Waals surface area contributed by atoms with Gasteiger partial charge in [-0.05, 0) is 47.0 Å². The van der Waals surface area contributed by atoms with E-state index in [-0.39, 0.29) is 5.41 Å². The first-order chi connectivity index (χ1) is 17.2. The molecule has 0 saturated heterocycles. The second-order valence-electron chi connectivity index (χ2n) is 9.18. The molecule has 3 aromatic carbocycles. The van der Waals surface area contributed by atoms with Crippen LogP contribution in [0.5, 0.6) is 0 Å². The summed E-state index contributed by atoms with van der Waals surface area (Å²) in [5.74, 6) is 0.532. The number of hydrogen-bond donors (Lipinski definition) is 0. The van der Waals surface area contributed by atoms with Gasteiger partial charge in [-0.2, -0.15) is 18.3 Å². The predicted molar refractivity (Wildman–Crippen MR) is 136 cm³/mol. The molecule has 0 fully saturated rings. The zero-order valence-corrected chi connectivity index (χ0v) is 19.9. The van der Waals surface area contributed by atoms with Gasteiger partial charge < -0.3 is 0 Å². The van der Waals surface area contributed by atoms with Crippen molar-refractivity contribution in [1.29, 1.82) is 0 Å². The maximum atomic E-state index is 13.2. The van der Waals surface area contributed by atoms with Gasteiger partial charge in [0.05, 0.1) is 17.0 Å². The lowest BCUT2D eigenvalue weighted by Crippen LogP contribution is -2.20. The smallest absolute Gasteiger partial charge is 0.229 e. The number of nitrogens with zero attached hydrogens (tertiary/aromatic N) is 3. The minimum absolute atomic E-state index is 0.380. The van der Waals surface area contributed by atoms with Crippen LogP contribution in [0.25, 0.3) is 28.2 Å². The third-order valence-electron chi connectivity index (χ3n) is 6.38. The molecule has 0 aliphatic carbocycles. The molecule has 5 rings (SSSR count). The lowest BCUT2D eigenvalue weighted by Gasteiger charge is -2.24. The monoisotopic (exact) mass is 483 g/mol. The Kier molecular flexibility index (Phi) is 5.96. The Labute approximate surface area is 207 Å². The van der Waals surface area contributed by atoms with Crippen molar-refractivity contribution >= 4 is 0 Å². The lowest BCUT2D eigenvalue weighted by molar-refractivity contribution is -0.137. The Hall–Kier alpha value is -4.19. The SMILES string of the molecule is CC(C)(c1cccc(-c2ccccc2)c1)c1ccn(-c2cccc(-c3cccc(C(F)(F)F)c3)n2)n1. The highest BCUT2D eigenvalue weighted by Gasteiger charge is 2.30. The first-order valence-electron chi connectivity index (χ1n) is 11.6. The van der Waals surface area contributed by atoms with Gasteiger partial charge in [0.1, 0.15) is 0 Å². The van der Waals surface area contributed by atoms with Crippen molar-refractivity contribution in [1.82, 2.24) is 14.8 Å². The van der Waals surface area contributed by atoms with E-state index in [4.69, 9.17) is 5.10 Å². The summed E-state index contributed by atoms with van der Waals surface area (Å²) >= 11 is 0. The van der Waals surface area contributed by atoms with Crippen molar-refractivity contribution in [2.75, 3.05) is 0 Å². The van der Waals surface area contributed by atoms with Crippen LogP contribution in [0.3, 0.4) is 0 Å². The molecule has 0 N–H and O–H groups in total. The lowest BCUT2D eigenvalue weighted by atomic mass is 9.80. The predicted octanol–water partition coefficient (Wildman–Crippen LogP) is 7.95. The summed E-state index contributed by atoms with van der Waals surface area (Å²) in [6.07, 6.45) is -2.58. The van der Waals surface area contributed by atoms with Crippen molar-refractivity contribution < 1.29 is 13.2 Å². The zero-order valence-electron chi connectivity index (χ0n) is 19.9. The first-order valence-corrected chi connectivity index (χ1v) is 11.6. The minimum atomic E-state index is -4.41. The number of alkyl halides is 3. The quantitative estimate of drug-likeness (QED) is 0.254. The number of benzene rings is 3. The molecule has 2 aromatic heterocycles. The summed E-state index contributed by atoms with van der Waals surface area (Å²) < 4.78 is 41.2. The van der Waals surface area contributed by atoms with E-state index in [1.165, 1.54) is 6.07 Å². The van der Waals surface area contributed by atoms with Crippen LogP contribution >= 0.6 is 0 Å². The zero-order chi connectivity index (χ0) is 25.3. The van der Waals surface area contributed by atoms with Crippen molar-refractivity contribution in [2.45, 2.75) is 25.4 Å². The van der Waals surface area contributed by atoms with E-state index in [2.05, 4.69) is 55.2 Å². The van der Waals surface area contributed by atoms with Crippen LogP contribution in [0.4, 0.5) is 13.2 Å². The van der Waals surface area contributed by atoms with Gasteiger partial charge in [0.2, 0.25) is 0 Å². The van der Waals surface area contributed by atoms with Gasteiger partial charge >= 0.3 is 6.18 Å². The molecule has 0 radical (unpaired) electrons. The van der Waals surface area contributed by atoms with Gasteiger partial charge in [-0.25, -0.2) is 9.67 Å². The average Bonchev–Trinajstić information content (AvgIpc) is 3.41. The van der Waals surface area contributed by atoms with Crippen LogP contribution in [-0.4, -0.2) is 14.8 Å². The Balaban J connectivity index is 1.46. The number of halogens is 3. The van der Waals surface area contributed by atoms with E-state index in [1.54, 1.807) is 28.9 Å². The van der Waals surface area contributed by atoms with E-state index < -0.39 is 11.7 Å². The van der Waals surface area contributed by atoms with E-state index in [0.717, 1.165) is 34.5 Å². The summed E-state index contributed by atoms with van der Waals surface area (Å²) in [6.45, 7) is 4.24. The normalized spacial score (nSPS) is 12.0. The van der Waals surface area contributed by atoms with E-state index in [1.807, 2.05) is 30.5 Å². The Morgan fingerprint density at radius 3 is 2.03 bits per heavy atom. The summed E-state index contributed by atoms with van der Waals surface area (Å²) in [5.41, 5.74) is 4.04. The van der Waals surface area contributed by atoms with E-state index >= 15 is 0 Å². The molecule has 0 unspecified atom stereocenters. The molecule has 6 heteroatoms. The molecule has 0 saturated carbocycles. The fraction of sp³-hybridized carbons (Fsp3) is 0.133. The van der Waals surface area contributed by atoms with Crippen molar-refractivity contribution in [3.8, 4) is 28.2 Å². The van der Waals surface area contributed by atoms with Gasteiger partial charge in [-0.15, -0.1) is 0 Å². The topological polar surface area (TPSA) is 30.7 Å². The Morgan fingerprint density at radius 1 is 0.639 bits per heavy atom. The van der Waals surface area contributed by atoms with Gasteiger partial charge in [0.15, 0.2) is 5.82 Å². The molecular weight excluding hydrogens is 459 g/mol. The number of rotatable bonds is 5. The van der Waals surface area contributed by atoms with Crippen LogP contribution in [-0.2, 0) is 11.6 Å². The Morgan fingerprint density at radius 2 is 1.28 bits per heavy atom. The van der Waals surface area contributed by atoms with Crippen LogP contribution in [0.2, 0.25) is 0 Å². The highest BCUT2D eigenvalue weighted by molar-refractivity contribution is 5.65. The molecule has 0 aliphatic rings. The van der Waals surface area contributed by atoms with Gasteiger partial charge in [-0.1, -0.05) is 86.6 Å². The standard InChI is InChI=1S/C30H24F3N3/c1-29(2,24-13-6-11-22(19-24)21-9-4-3-5-10-21)27-17-18-36(35-27)28-16-8-15-26(34-28)23-12-7-14-25(20-23)30(31,32)33/h3-20H,1-2H3. The van der Waals surface area contributed by atoms with Crippen LogP contribution in [0.15, 0.2) is 109 Å². The maximum Gasteiger partial charge on any atom is 0.416 e. The fourth-order valence-corrected chi connectivity index (χ4v) is 4.22. The second-order valence-corrected chi connectivity index (χ2v) is 9.18. The third-order valence-corrected chi connectivity index (χ3v) is 6.38. The van der Waals surface area contributed by atoms with E-state index in [0.29, 0.717) is 17.1 Å². The molecule has 0 aliphatic heterocycles. The van der Waals surface area contributed by atoms with Crippen LogP contribution in [0.1, 0.15) is 30.7 Å². The van der Waals surface area contributed by atoms with Crippen LogP contribution < -0.4 is 0 Å². The molecule has 0 bridgehead atoms. The Bertz CT molecular complexity index is 1500. The second kappa shape index (κ2) is 9.11. The van der Waals surface area contributed by atoms with Gasteiger partial charge in [0.25, 0.3) is 0 Å². The minimum Gasteiger partial charge on any atom is -0.229 e. The highest BCUT2D eigenvalue weighted by atomic mass is 19.4. The molecule has 5 aromatic rings. The van der Waals surface area contributed by atoms with Gasteiger partial charge in [-0.3, -0.25) is 0 Å². The van der Waals surface area contributed by atoms with Crippen molar-refractivity contribution in [2.24, 2.45) is 0 Å². The maximum absolute atomic E-state index is 13.2. The highest BCUT2D eigenvalue weighted by Crippen LogP contribution is 2.34. The third kappa shape index (κ3) is 4.67. The molecule has 0 amide bonds. The summed E-state index contributed by atoms with van der Waals surface area (Å²) in [6, 6.07) is 31.0. The number of aromatic nitrogens is 3. The molecule has 180 valence electrons. The van der Waals surface area contributed by atoms with E-state index in [9.17, 15) is 13.2 Å². The first kappa shape index (κ1) is 23.5. The fourth-order valence-electron chi connectivity index (χ4n) is 4.22. The van der Waals surface area contributed by atoms with Crippen molar-refractivity contribution in [3.63, 3.8) is 0 Å². The van der Waals surface area contributed by atoms with Gasteiger partial charge in [0, 0.05) is 17.2 Å². The number of hydrogen-bond acceptors (Lipinski definition) is 2.